The summed E-state index contributed by atoms with van der Waals surface area (Å²) in [6.07, 6.45) is 0.876. The van der Waals surface area contributed by atoms with E-state index in [-0.39, 0.29) is 5.69 Å². The molecule has 0 spiro atoms. The second-order valence-electron chi connectivity index (χ2n) is 3.92. The van der Waals surface area contributed by atoms with Crippen LogP contribution in [0.15, 0.2) is 4.79 Å². The summed E-state index contributed by atoms with van der Waals surface area (Å²) in [7, 11) is 0. The summed E-state index contributed by atoms with van der Waals surface area (Å²) in [5.74, 6) is 0.843. The lowest BCUT2D eigenvalue weighted by Gasteiger charge is -2.26. The summed E-state index contributed by atoms with van der Waals surface area (Å²) in [5.41, 5.74) is 1.96. The third-order valence-electron chi connectivity index (χ3n) is 3.02. The van der Waals surface area contributed by atoms with Gasteiger partial charge < -0.3 is 15.2 Å². The number of anilines is 1. The zero-order chi connectivity index (χ0) is 11.5. The molecule has 1 aliphatic rings. The van der Waals surface area contributed by atoms with Crippen LogP contribution in [0, 0.1) is 0 Å². The van der Waals surface area contributed by atoms with Crippen molar-refractivity contribution in [3.8, 4) is 0 Å². The Morgan fingerprint density at radius 2 is 2.12 bits per heavy atom. The highest BCUT2D eigenvalue weighted by Gasteiger charge is 2.18. The largest absolute Gasteiger partial charge is 0.357 e. The predicted molar refractivity (Wildman–Crippen MR) is 63.8 cm³/mol. The molecule has 2 heterocycles. The van der Waals surface area contributed by atoms with Crippen LogP contribution in [0.2, 0.25) is 0 Å². The second kappa shape index (κ2) is 4.65. The van der Waals surface area contributed by atoms with Gasteiger partial charge in [-0.1, -0.05) is 0 Å². The fourth-order valence-electron chi connectivity index (χ4n) is 2.14. The molecule has 0 saturated carbocycles. The molecule has 0 unspecified atom stereocenters. The van der Waals surface area contributed by atoms with E-state index in [0.29, 0.717) is 0 Å². The summed E-state index contributed by atoms with van der Waals surface area (Å²) in [5, 5.41) is 3.32. The first-order chi connectivity index (χ1) is 7.76. The highest BCUT2D eigenvalue weighted by molar-refractivity contribution is 5.49. The van der Waals surface area contributed by atoms with E-state index in [1.165, 1.54) is 0 Å². The highest BCUT2D eigenvalue weighted by atomic mass is 16.1. The van der Waals surface area contributed by atoms with Crippen molar-refractivity contribution in [2.75, 3.05) is 24.5 Å². The summed E-state index contributed by atoms with van der Waals surface area (Å²) in [4.78, 5) is 20.6. The number of H-pyrrole nitrogens is 1. The molecular weight excluding hydrogens is 204 g/mol. The molecule has 5 nitrogen and oxygen atoms in total. The standard InChI is InChI=1S/C11H18N4O/c1-3-15(4-2)10-8-7-12-6-5-9(8)13-11(16)14-10/h12H,3-7H2,1-2H3,(H,13,14,16). The molecule has 0 fully saturated rings. The smallest absolute Gasteiger partial charge is 0.347 e. The molecule has 16 heavy (non-hydrogen) atoms. The predicted octanol–water partition coefficient (Wildman–Crippen LogP) is 0.262. The average Bonchev–Trinajstić information content (AvgIpc) is 2.30. The monoisotopic (exact) mass is 222 g/mol. The molecule has 2 rings (SSSR count). The van der Waals surface area contributed by atoms with Crippen molar-refractivity contribution in [2.45, 2.75) is 26.8 Å². The number of rotatable bonds is 3. The number of hydrogen-bond donors (Lipinski definition) is 2. The molecule has 2 N–H and O–H groups in total. The Morgan fingerprint density at radius 3 is 2.81 bits per heavy atom. The highest BCUT2D eigenvalue weighted by Crippen LogP contribution is 2.20. The van der Waals surface area contributed by atoms with Gasteiger partial charge in [0.1, 0.15) is 5.82 Å². The second-order valence-corrected chi connectivity index (χ2v) is 3.92. The quantitative estimate of drug-likeness (QED) is 0.770. The Morgan fingerprint density at radius 1 is 1.38 bits per heavy atom. The zero-order valence-electron chi connectivity index (χ0n) is 9.84. The molecule has 88 valence electrons. The number of aromatic amines is 1. The average molecular weight is 222 g/mol. The summed E-state index contributed by atoms with van der Waals surface area (Å²) in [6, 6.07) is 0. The molecule has 1 aromatic rings. The van der Waals surface area contributed by atoms with Crippen molar-refractivity contribution >= 4 is 5.82 Å². The lowest BCUT2D eigenvalue weighted by atomic mass is 10.1. The van der Waals surface area contributed by atoms with Crippen LogP contribution >= 0.6 is 0 Å². The maximum absolute atomic E-state index is 11.5. The normalized spacial score (nSPS) is 14.6. The van der Waals surface area contributed by atoms with Crippen molar-refractivity contribution in [3.63, 3.8) is 0 Å². The van der Waals surface area contributed by atoms with E-state index in [0.717, 1.165) is 49.7 Å². The Kier molecular flexibility index (Phi) is 3.24. The first kappa shape index (κ1) is 11.1. The van der Waals surface area contributed by atoms with Gasteiger partial charge in [-0.25, -0.2) is 4.79 Å². The van der Waals surface area contributed by atoms with Crippen molar-refractivity contribution in [1.29, 1.82) is 0 Å². The molecule has 0 saturated heterocycles. The summed E-state index contributed by atoms with van der Waals surface area (Å²) >= 11 is 0. The summed E-state index contributed by atoms with van der Waals surface area (Å²) < 4.78 is 0. The van der Waals surface area contributed by atoms with Crippen LogP contribution in [-0.2, 0) is 13.0 Å². The molecule has 5 heteroatoms. The van der Waals surface area contributed by atoms with E-state index in [4.69, 9.17) is 0 Å². The fourth-order valence-corrected chi connectivity index (χ4v) is 2.14. The van der Waals surface area contributed by atoms with E-state index >= 15 is 0 Å². The van der Waals surface area contributed by atoms with E-state index in [1.54, 1.807) is 0 Å². The van der Waals surface area contributed by atoms with E-state index in [9.17, 15) is 4.79 Å². The lowest BCUT2D eigenvalue weighted by molar-refractivity contribution is 0.618. The van der Waals surface area contributed by atoms with Crippen LogP contribution in [0.4, 0.5) is 5.82 Å². The van der Waals surface area contributed by atoms with Gasteiger partial charge in [-0.05, 0) is 13.8 Å². The molecule has 0 aliphatic carbocycles. The minimum atomic E-state index is -0.234. The van der Waals surface area contributed by atoms with Crippen LogP contribution in [0.3, 0.4) is 0 Å². The first-order valence-corrected chi connectivity index (χ1v) is 5.84. The van der Waals surface area contributed by atoms with Crippen molar-refractivity contribution in [3.05, 3.63) is 21.7 Å². The van der Waals surface area contributed by atoms with Crippen molar-refractivity contribution < 1.29 is 0 Å². The van der Waals surface area contributed by atoms with Gasteiger partial charge in [0.25, 0.3) is 0 Å². The van der Waals surface area contributed by atoms with Gasteiger partial charge in [0.2, 0.25) is 0 Å². The number of nitrogens with zero attached hydrogens (tertiary/aromatic N) is 2. The van der Waals surface area contributed by atoms with Crippen LogP contribution in [0.25, 0.3) is 0 Å². The van der Waals surface area contributed by atoms with Crippen molar-refractivity contribution in [1.82, 2.24) is 15.3 Å². The SMILES string of the molecule is CCN(CC)c1nc(=O)[nH]c2c1CNCC2. The van der Waals surface area contributed by atoms with Crippen LogP contribution in [-0.4, -0.2) is 29.6 Å². The van der Waals surface area contributed by atoms with Gasteiger partial charge in [0, 0.05) is 43.9 Å². The van der Waals surface area contributed by atoms with E-state index in [2.05, 4.69) is 34.0 Å². The van der Waals surface area contributed by atoms with Crippen molar-refractivity contribution in [2.24, 2.45) is 0 Å². The molecule has 0 amide bonds. The zero-order valence-corrected chi connectivity index (χ0v) is 9.84. The van der Waals surface area contributed by atoms with E-state index < -0.39 is 0 Å². The maximum atomic E-state index is 11.5. The number of nitrogens with one attached hydrogen (secondary N) is 2. The van der Waals surface area contributed by atoms with Gasteiger partial charge in [0.15, 0.2) is 0 Å². The van der Waals surface area contributed by atoms with Crippen LogP contribution < -0.4 is 15.9 Å². The van der Waals surface area contributed by atoms with Gasteiger partial charge in [-0.2, -0.15) is 4.98 Å². The molecule has 1 aromatic heterocycles. The third kappa shape index (κ3) is 1.95. The number of aromatic nitrogens is 2. The molecular formula is C11H18N4O. The minimum absolute atomic E-state index is 0.234. The number of fused-ring (bicyclic) bond motifs is 1. The molecule has 1 aliphatic heterocycles. The van der Waals surface area contributed by atoms with Gasteiger partial charge in [-0.3, -0.25) is 0 Å². The van der Waals surface area contributed by atoms with E-state index in [1.807, 2.05) is 0 Å². The molecule has 0 radical (unpaired) electrons. The first-order valence-electron chi connectivity index (χ1n) is 5.84. The maximum Gasteiger partial charge on any atom is 0.347 e. The fraction of sp³-hybridized carbons (Fsp3) is 0.636. The Hall–Kier alpha value is -1.36. The lowest BCUT2D eigenvalue weighted by Crippen LogP contribution is -2.34. The third-order valence-corrected chi connectivity index (χ3v) is 3.02. The topological polar surface area (TPSA) is 61.0 Å². The minimum Gasteiger partial charge on any atom is -0.357 e. The molecule has 0 aromatic carbocycles. The Balaban J connectivity index is 2.50. The van der Waals surface area contributed by atoms with Gasteiger partial charge >= 0.3 is 5.69 Å². The number of hydrogen-bond acceptors (Lipinski definition) is 4. The van der Waals surface area contributed by atoms with Crippen LogP contribution in [0.1, 0.15) is 25.1 Å². The van der Waals surface area contributed by atoms with Gasteiger partial charge in [-0.15, -0.1) is 0 Å². The Labute approximate surface area is 94.9 Å². The van der Waals surface area contributed by atoms with Crippen LogP contribution in [0.5, 0.6) is 0 Å². The molecule has 0 bridgehead atoms. The Bertz CT molecular complexity index is 422. The summed E-state index contributed by atoms with van der Waals surface area (Å²) in [6.45, 7) is 7.62. The molecule has 0 atom stereocenters. The van der Waals surface area contributed by atoms with Gasteiger partial charge in [0.05, 0.1) is 0 Å².